The van der Waals surface area contributed by atoms with Crippen LogP contribution in [0.3, 0.4) is 0 Å². The molecule has 0 radical (unpaired) electrons. The van der Waals surface area contributed by atoms with Crippen LogP contribution in [0.25, 0.3) is 0 Å². The van der Waals surface area contributed by atoms with Gasteiger partial charge in [0.1, 0.15) is 5.82 Å². The summed E-state index contributed by atoms with van der Waals surface area (Å²) in [5.74, 6) is -0.317. The Morgan fingerprint density at radius 2 is 2.12 bits per heavy atom. The van der Waals surface area contributed by atoms with E-state index in [1.54, 1.807) is 12.1 Å². The summed E-state index contributed by atoms with van der Waals surface area (Å²) in [4.78, 5) is 0. The van der Waals surface area contributed by atoms with E-state index in [4.69, 9.17) is 9.47 Å². The van der Waals surface area contributed by atoms with E-state index in [0.29, 0.717) is 30.5 Å². The van der Waals surface area contributed by atoms with Crippen LogP contribution in [0.15, 0.2) is 22.7 Å². The molecule has 1 aromatic carbocycles. The molecule has 94 valence electrons. The second-order valence-corrected chi connectivity index (χ2v) is 4.77. The van der Waals surface area contributed by atoms with Gasteiger partial charge in [0.15, 0.2) is 6.29 Å². The van der Waals surface area contributed by atoms with Crippen LogP contribution >= 0.6 is 15.9 Å². The van der Waals surface area contributed by atoms with Crippen molar-refractivity contribution in [3.05, 3.63) is 34.1 Å². The third-order valence-electron chi connectivity index (χ3n) is 2.64. The molecule has 0 aliphatic carbocycles. The van der Waals surface area contributed by atoms with Crippen molar-refractivity contribution in [1.82, 2.24) is 0 Å². The van der Waals surface area contributed by atoms with Gasteiger partial charge in [0.2, 0.25) is 0 Å². The van der Waals surface area contributed by atoms with Crippen LogP contribution in [-0.2, 0) is 15.9 Å². The van der Waals surface area contributed by atoms with E-state index in [1.807, 2.05) is 0 Å². The van der Waals surface area contributed by atoms with Crippen molar-refractivity contribution < 1.29 is 19.0 Å². The fourth-order valence-electron chi connectivity index (χ4n) is 1.81. The summed E-state index contributed by atoms with van der Waals surface area (Å²) >= 11 is 3.17. The van der Waals surface area contributed by atoms with Gasteiger partial charge >= 0.3 is 0 Å². The van der Waals surface area contributed by atoms with E-state index >= 15 is 0 Å². The number of aliphatic hydroxyl groups excluding tert-OH is 1. The van der Waals surface area contributed by atoms with Crippen molar-refractivity contribution in [1.29, 1.82) is 0 Å². The van der Waals surface area contributed by atoms with E-state index in [2.05, 4.69) is 15.9 Å². The number of benzene rings is 1. The molecule has 0 spiro atoms. The second-order valence-electron chi connectivity index (χ2n) is 3.98. The number of rotatable bonds is 4. The fraction of sp³-hybridized carbons (Fsp3) is 0.500. The molecule has 0 aromatic heterocycles. The highest BCUT2D eigenvalue weighted by Gasteiger charge is 2.21. The Kier molecular flexibility index (Phi) is 4.50. The molecule has 1 atom stereocenters. The van der Waals surface area contributed by atoms with Crippen LogP contribution < -0.4 is 0 Å². The zero-order chi connectivity index (χ0) is 12.3. The summed E-state index contributed by atoms with van der Waals surface area (Å²) in [6.07, 6.45) is -0.154. The lowest BCUT2D eigenvalue weighted by molar-refractivity contribution is -0.0698. The predicted molar refractivity (Wildman–Crippen MR) is 64.1 cm³/mol. The van der Waals surface area contributed by atoms with Crippen LogP contribution in [0.1, 0.15) is 12.0 Å². The van der Waals surface area contributed by atoms with Crippen molar-refractivity contribution in [2.75, 3.05) is 13.2 Å². The first-order chi connectivity index (χ1) is 8.16. The zero-order valence-corrected chi connectivity index (χ0v) is 10.8. The minimum absolute atomic E-state index is 0.317. The predicted octanol–water partition coefficient (Wildman–Crippen LogP) is 2.25. The van der Waals surface area contributed by atoms with Crippen LogP contribution in [-0.4, -0.2) is 30.7 Å². The lowest BCUT2D eigenvalue weighted by Crippen LogP contribution is -2.20. The maximum Gasteiger partial charge on any atom is 0.160 e. The van der Waals surface area contributed by atoms with E-state index < -0.39 is 6.10 Å². The topological polar surface area (TPSA) is 38.7 Å². The molecule has 5 heteroatoms. The maximum atomic E-state index is 13.3. The number of ether oxygens (including phenoxy) is 2. The summed E-state index contributed by atoms with van der Waals surface area (Å²) < 4.78 is 24.2. The first-order valence-electron chi connectivity index (χ1n) is 5.51. The monoisotopic (exact) mass is 304 g/mol. The van der Waals surface area contributed by atoms with Crippen LogP contribution in [0, 0.1) is 5.82 Å². The Labute approximate surface area is 108 Å². The van der Waals surface area contributed by atoms with Crippen molar-refractivity contribution in [3.8, 4) is 0 Å². The molecule has 1 fully saturated rings. The number of hydrogen-bond acceptors (Lipinski definition) is 3. The smallest absolute Gasteiger partial charge is 0.160 e. The van der Waals surface area contributed by atoms with Crippen molar-refractivity contribution in [2.24, 2.45) is 0 Å². The molecule has 1 unspecified atom stereocenters. The number of aliphatic hydroxyl groups is 1. The molecule has 17 heavy (non-hydrogen) atoms. The van der Waals surface area contributed by atoms with Gasteiger partial charge in [-0.3, -0.25) is 0 Å². The van der Waals surface area contributed by atoms with Gasteiger partial charge in [-0.25, -0.2) is 4.39 Å². The van der Waals surface area contributed by atoms with Gasteiger partial charge in [-0.05, 0) is 34.0 Å². The highest BCUT2D eigenvalue weighted by molar-refractivity contribution is 9.10. The zero-order valence-electron chi connectivity index (χ0n) is 9.23. The Hall–Kier alpha value is -0.490. The summed E-state index contributed by atoms with van der Waals surface area (Å²) in [6, 6.07) is 4.79. The van der Waals surface area contributed by atoms with E-state index in [1.165, 1.54) is 6.07 Å². The summed E-state index contributed by atoms with van der Waals surface area (Å²) in [5.41, 5.74) is 0.746. The van der Waals surface area contributed by atoms with Crippen molar-refractivity contribution >= 4 is 15.9 Å². The highest BCUT2D eigenvalue weighted by Crippen LogP contribution is 2.23. The molecule has 1 aliphatic heterocycles. The van der Waals surface area contributed by atoms with Gasteiger partial charge in [0.05, 0.1) is 23.8 Å². The Bertz CT molecular complexity index is 380. The standard InChI is InChI=1S/C12H14BrFO3/c13-12-8(2-1-3-10(12)14)6-9(15)7-11-16-4-5-17-11/h1-3,9,11,15H,4-7H2. The molecule has 0 bridgehead atoms. The molecule has 1 saturated heterocycles. The maximum absolute atomic E-state index is 13.3. The third-order valence-corrected chi connectivity index (χ3v) is 3.53. The molecule has 1 aliphatic rings. The largest absolute Gasteiger partial charge is 0.393 e. The second kappa shape index (κ2) is 5.91. The first kappa shape index (κ1) is 13.0. The molecule has 3 nitrogen and oxygen atoms in total. The molecule has 1 N–H and O–H groups in total. The Morgan fingerprint density at radius 1 is 1.41 bits per heavy atom. The molecule has 1 aromatic rings. The first-order valence-corrected chi connectivity index (χ1v) is 6.30. The quantitative estimate of drug-likeness (QED) is 0.927. The molecule has 0 saturated carbocycles. The summed E-state index contributed by atoms with van der Waals surface area (Å²) in [5, 5.41) is 9.88. The molecular weight excluding hydrogens is 291 g/mol. The molecule has 1 heterocycles. The number of halogens is 2. The summed E-state index contributed by atoms with van der Waals surface area (Å²) in [7, 11) is 0. The van der Waals surface area contributed by atoms with Gasteiger partial charge < -0.3 is 14.6 Å². The van der Waals surface area contributed by atoms with E-state index in [0.717, 1.165) is 5.56 Å². The lowest BCUT2D eigenvalue weighted by Gasteiger charge is -2.15. The minimum Gasteiger partial charge on any atom is -0.393 e. The van der Waals surface area contributed by atoms with Crippen LogP contribution in [0.4, 0.5) is 4.39 Å². The molecule has 0 amide bonds. The van der Waals surface area contributed by atoms with Gasteiger partial charge in [0, 0.05) is 6.42 Å². The van der Waals surface area contributed by atoms with Gasteiger partial charge in [-0.2, -0.15) is 0 Å². The average molecular weight is 305 g/mol. The van der Waals surface area contributed by atoms with E-state index in [9.17, 15) is 9.50 Å². The highest BCUT2D eigenvalue weighted by atomic mass is 79.9. The van der Waals surface area contributed by atoms with E-state index in [-0.39, 0.29) is 12.1 Å². The summed E-state index contributed by atoms with van der Waals surface area (Å²) in [6.45, 7) is 1.14. The third kappa shape index (κ3) is 3.48. The van der Waals surface area contributed by atoms with Crippen LogP contribution in [0.2, 0.25) is 0 Å². The lowest BCUT2D eigenvalue weighted by atomic mass is 10.1. The average Bonchev–Trinajstić information content (AvgIpc) is 2.77. The Morgan fingerprint density at radius 3 is 2.82 bits per heavy atom. The number of hydrogen-bond donors (Lipinski definition) is 1. The molecule has 2 rings (SSSR count). The van der Waals surface area contributed by atoms with Gasteiger partial charge in [-0.15, -0.1) is 0 Å². The normalized spacial score (nSPS) is 18.5. The van der Waals surface area contributed by atoms with Crippen LogP contribution in [0.5, 0.6) is 0 Å². The van der Waals surface area contributed by atoms with Crippen molar-refractivity contribution in [3.63, 3.8) is 0 Å². The van der Waals surface area contributed by atoms with Gasteiger partial charge in [-0.1, -0.05) is 12.1 Å². The Balaban J connectivity index is 1.93. The van der Waals surface area contributed by atoms with Gasteiger partial charge in [0.25, 0.3) is 0 Å². The minimum atomic E-state index is -0.601. The SMILES string of the molecule is OC(Cc1cccc(F)c1Br)CC1OCCO1. The molecular formula is C12H14BrFO3. The fourth-order valence-corrected chi connectivity index (χ4v) is 2.23. The van der Waals surface area contributed by atoms with Crippen molar-refractivity contribution in [2.45, 2.75) is 25.2 Å².